The highest BCUT2D eigenvalue weighted by atomic mass is 16.5. The molecule has 0 aliphatic heterocycles. The number of ether oxygens (including phenoxy) is 1. The van der Waals surface area contributed by atoms with E-state index in [1.54, 1.807) is 6.07 Å². The normalized spacial score (nSPS) is 11.3. The van der Waals surface area contributed by atoms with E-state index in [0.29, 0.717) is 18.4 Å². The summed E-state index contributed by atoms with van der Waals surface area (Å²) in [4.78, 5) is 2.37. The Morgan fingerprint density at radius 2 is 2.05 bits per heavy atom. The van der Waals surface area contributed by atoms with Crippen LogP contribution < -0.4 is 10.1 Å². The van der Waals surface area contributed by atoms with Gasteiger partial charge >= 0.3 is 0 Å². The van der Waals surface area contributed by atoms with Crippen molar-refractivity contribution in [2.75, 3.05) is 26.7 Å². The van der Waals surface area contributed by atoms with Crippen LogP contribution in [0.3, 0.4) is 0 Å². The molecule has 0 aromatic heterocycles. The molecule has 0 heterocycles. The third-order valence-corrected chi connectivity index (χ3v) is 3.65. The fourth-order valence-corrected chi connectivity index (χ4v) is 2.04. The molecule has 4 heteroatoms. The number of hydrogen-bond acceptors (Lipinski definition) is 4. The van der Waals surface area contributed by atoms with Gasteiger partial charge in [0.25, 0.3) is 0 Å². The van der Waals surface area contributed by atoms with Crippen molar-refractivity contribution in [2.24, 2.45) is 0 Å². The molecule has 1 aromatic carbocycles. The Labute approximate surface area is 129 Å². The van der Waals surface area contributed by atoms with Crippen molar-refractivity contribution in [3.63, 3.8) is 0 Å². The van der Waals surface area contributed by atoms with E-state index in [9.17, 15) is 5.11 Å². The lowest BCUT2D eigenvalue weighted by Gasteiger charge is -2.20. The van der Waals surface area contributed by atoms with E-state index in [-0.39, 0.29) is 5.75 Å². The van der Waals surface area contributed by atoms with Crippen molar-refractivity contribution in [3.05, 3.63) is 23.8 Å². The molecule has 1 aromatic rings. The molecule has 0 bridgehead atoms. The summed E-state index contributed by atoms with van der Waals surface area (Å²) in [5.41, 5.74) is 1.13. The lowest BCUT2D eigenvalue weighted by atomic mass is 10.2. The van der Waals surface area contributed by atoms with E-state index in [1.807, 2.05) is 19.1 Å². The van der Waals surface area contributed by atoms with Crippen molar-refractivity contribution in [3.8, 4) is 11.5 Å². The van der Waals surface area contributed by atoms with Gasteiger partial charge in [0.2, 0.25) is 0 Å². The van der Waals surface area contributed by atoms with Gasteiger partial charge in [0, 0.05) is 12.6 Å². The Kier molecular flexibility index (Phi) is 8.16. The summed E-state index contributed by atoms with van der Waals surface area (Å²) in [6.07, 6.45) is 2.38. The van der Waals surface area contributed by atoms with E-state index in [1.165, 1.54) is 12.8 Å². The second-order valence-corrected chi connectivity index (χ2v) is 5.69. The topological polar surface area (TPSA) is 44.7 Å². The summed E-state index contributed by atoms with van der Waals surface area (Å²) in [7, 11) is 2.17. The Bertz CT molecular complexity index is 408. The Hall–Kier alpha value is -1.26. The molecule has 0 radical (unpaired) electrons. The fraction of sp³-hybridized carbons (Fsp3) is 0.647. The first-order chi connectivity index (χ1) is 10.0. The van der Waals surface area contributed by atoms with Crippen LogP contribution in [0.5, 0.6) is 11.5 Å². The average molecular weight is 294 g/mol. The zero-order chi connectivity index (χ0) is 15.7. The maximum absolute atomic E-state index is 9.65. The molecular formula is C17H30N2O2. The Balaban J connectivity index is 2.22. The number of nitrogens with one attached hydrogen (secondary N) is 1. The molecule has 21 heavy (non-hydrogen) atoms. The molecule has 0 unspecified atom stereocenters. The maximum atomic E-state index is 9.65. The van der Waals surface area contributed by atoms with E-state index in [4.69, 9.17) is 4.74 Å². The van der Waals surface area contributed by atoms with Gasteiger partial charge in [-0.1, -0.05) is 6.07 Å². The van der Waals surface area contributed by atoms with Crippen LogP contribution in [0.4, 0.5) is 0 Å². The van der Waals surface area contributed by atoms with Crippen molar-refractivity contribution in [1.29, 1.82) is 0 Å². The van der Waals surface area contributed by atoms with Gasteiger partial charge in [-0.25, -0.2) is 0 Å². The lowest BCUT2D eigenvalue weighted by Crippen LogP contribution is -2.27. The number of aromatic hydroxyl groups is 1. The first kappa shape index (κ1) is 17.8. The SMILES string of the molecule is CCOc1cc(CNCCCCN(C)C(C)C)ccc1O. The van der Waals surface area contributed by atoms with Gasteiger partial charge in [-0.15, -0.1) is 0 Å². The third-order valence-electron chi connectivity index (χ3n) is 3.65. The number of phenols is 1. The molecule has 0 saturated heterocycles. The number of benzene rings is 1. The highest BCUT2D eigenvalue weighted by Gasteiger charge is 2.04. The first-order valence-corrected chi connectivity index (χ1v) is 7.90. The Morgan fingerprint density at radius 3 is 2.71 bits per heavy atom. The zero-order valence-electron chi connectivity index (χ0n) is 13.9. The second-order valence-electron chi connectivity index (χ2n) is 5.69. The van der Waals surface area contributed by atoms with Crippen LogP contribution in [0, 0.1) is 0 Å². The minimum absolute atomic E-state index is 0.206. The number of rotatable bonds is 10. The van der Waals surface area contributed by atoms with Crippen molar-refractivity contribution in [2.45, 2.75) is 46.2 Å². The zero-order valence-corrected chi connectivity index (χ0v) is 13.9. The van der Waals surface area contributed by atoms with E-state index in [2.05, 4.69) is 31.1 Å². The molecule has 0 aliphatic carbocycles. The van der Waals surface area contributed by atoms with Crippen LogP contribution >= 0.6 is 0 Å². The lowest BCUT2D eigenvalue weighted by molar-refractivity contribution is 0.268. The van der Waals surface area contributed by atoms with Gasteiger partial charge in [0.1, 0.15) is 0 Å². The fourth-order valence-electron chi connectivity index (χ4n) is 2.04. The molecule has 120 valence electrons. The second kappa shape index (κ2) is 9.64. The van der Waals surface area contributed by atoms with Crippen LogP contribution in [-0.4, -0.2) is 42.8 Å². The molecule has 0 saturated carbocycles. The van der Waals surface area contributed by atoms with Gasteiger partial charge in [-0.3, -0.25) is 0 Å². The molecule has 4 nitrogen and oxygen atoms in total. The van der Waals surface area contributed by atoms with Gasteiger partial charge in [-0.05, 0) is 71.4 Å². The smallest absolute Gasteiger partial charge is 0.161 e. The van der Waals surface area contributed by atoms with Gasteiger partial charge < -0.3 is 20.1 Å². The molecule has 0 fully saturated rings. The van der Waals surface area contributed by atoms with Crippen LogP contribution in [0.2, 0.25) is 0 Å². The molecule has 0 atom stereocenters. The summed E-state index contributed by atoms with van der Waals surface area (Å²) >= 11 is 0. The highest BCUT2D eigenvalue weighted by molar-refractivity contribution is 5.41. The first-order valence-electron chi connectivity index (χ1n) is 7.90. The molecule has 2 N–H and O–H groups in total. The summed E-state index contributed by atoms with van der Waals surface area (Å²) in [5, 5.41) is 13.1. The number of hydrogen-bond donors (Lipinski definition) is 2. The van der Waals surface area contributed by atoms with Crippen molar-refractivity contribution in [1.82, 2.24) is 10.2 Å². The molecular weight excluding hydrogens is 264 g/mol. The maximum Gasteiger partial charge on any atom is 0.161 e. The summed E-state index contributed by atoms with van der Waals surface area (Å²) < 4.78 is 5.39. The predicted molar refractivity (Wildman–Crippen MR) is 88.0 cm³/mol. The molecule has 0 amide bonds. The predicted octanol–water partition coefficient (Wildman–Crippen LogP) is 3.00. The number of nitrogens with zero attached hydrogens (tertiary/aromatic N) is 1. The summed E-state index contributed by atoms with van der Waals surface area (Å²) in [6, 6.07) is 6.14. The number of phenolic OH excluding ortho intramolecular Hbond substituents is 1. The van der Waals surface area contributed by atoms with Crippen LogP contribution in [-0.2, 0) is 6.54 Å². The monoisotopic (exact) mass is 294 g/mol. The van der Waals surface area contributed by atoms with Crippen LogP contribution in [0.1, 0.15) is 39.2 Å². The highest BCUT2D eigenvalue weighted by Crippen LogP contribution is 2.26. The average Bonchev–Trinajstić information content (AvgIpc) is 2.45. The van der Waals surface area contributed by atoms with Crippen molar-refractivity contribution < 1.29 is 9.84 Å². The Morgan fingerprint density at radius 1 is 1.29 bits per heavy atom. The van der Waals surface area contributed by atoms with E-state index < -0.39 is 0 Å². The number of unbranched alkanes of at least 4 members (excludes halogenated alkanes) is 1. The quantitative estimate of drug-likeness (QED) is 0.651. The van der Waals surface area contributed by atoms with E-state index >= 15 is 0 Å². The van der Waals surface area contributed by atoms with E-state index in [0.717, 1.165) is 25.2 Å². The van der Waals surface area contributed by atoms with Gasteiger partial charge in [-0.2, -0.15) is 0 Å². The minimum Gasteiger partial charge on any atom is -0.504 e. The molecule has 0 aliphatic rings. The standard InChI is InChI=1S/C17H30N2O2/c1-5-21-17-12-15(8-9-16(17)20)13-18-10-6-7-11-19(4)14(2)3/h8-9,12,14,18,20H,5-7,10-11,13H2,1-4H3. The summed E-state index contributed by atoms with van der Waals surface area (Å²) in [5.74, 6) is 0.771. The minimum atomic E-state index is 0.206. The summed E-state index contributed by atoms with van der Waals surface area (Å²) in [6.45, 7) is 9.88. The van der Waals surface area contributed by atoms with Gasteiger partial charge in [0.05, 0.1) is 6.61 Å². The van der Waals surface area contributed by atoms with Gasteiger partial charge in [0.15, 0.2) is 11.5 Å². The van der Waals surface area contributed by atoms with Crippen LogP contribution in [0.15, 0.2) is 18.2 Å². The molecule has 0 spiro atoms. The largest absolute Gasteiger partial charge is 0.504 e. The van der Waals surface area contributed by atoms with Crippen LogP contribution in [0.25, 0.3) is 0 Å². The third kappa shape index (κ3) is 6.82. The molecule has 1 rings (SSSR count). The van der Waals surface area contributed by atoms with Crippen molar-refractivity contribution >= 4 is 0 Å².